The van der Waals surface area contributed by atoms with E-state index < -0.39 is 12.2 Å². The number of carbonyl (C=O) groups excluding carboxylic acids is 2. The van der Waals surface area contributed by atoms with Gasteiger partial charge in [-0.15, -0.1) is 0 Å². The predicted octanol–water partition coefficient (Wildman–Crippen LogP) is 7.29. The molecule has 6 rings (SSSR count). The second-order valence-corrected chi connectivity index (χ2v) is 11.9. The van der Waals surface area contributed by atoms with Gasteiger partial charge < -0.3 is 9.47 Å². The molecule has 0 saturated heterocycles. The smallest absolute Gasteiger partial charge is 0.338 e. The molecule has 0 aromatic heterocycles. The second-order valence-electron chi connectivity index (χ2n) is 11.9. The van der Waals surface area contributed by atoms with Crippen molar-refractivity contribution in [3.05, 3.63) is 106 Å². The third-order valence-electron chi connectivity index (χ3n) is 9.12. The Labute approximate surface area is 225 Å². The molecule has 0 radical (unpaired) electrons. The van der Waals surface area contributed by atoms with Crippen LogP contribution in [0.25, 0.3) is 0 Å². The van der Waals surface area contributed by atoms with Crippen LogP contribution >= 0.6 is 0 Å². The van der Waals surface area contributed by atoms with Gasteiger partial charge >= 0.3 is 11.9 Å². The first-order chi connectivity index (χ1) is 18.3. The van der Waals surface area contributed by atoms with Crippen molar-refractivity contribution in [2.45, 2.75) is 70.5 Å². The number of hydrogen-bond donors (Lipinski definition) is 0. The zero-order chi connectivity index (χ0) is 26.6. The Morgan fingerprint density at radius 1 is 0.711 bits per heavy atom. The van der Waals surface area contributed by atoms with E-state index in [-0.39, 0.29) is 23.8 Å². The minimum absolute atomic E-state index is 0.134. The highest BCUT2D eigenvalue weighted by atomic mass is 16.6. The fourth-order valence-corrected chi connectivity index (χ4v) is 7.36. The summed E-state index contributed by atoms with van der Waals surface area (Å²) in [4.78, 5) is 26.4. The topological polar surface area (TPSA) is 52.6 Å². The lowest BCUT2D eigenvalue weighted by molar-refractivity contribution is -0.0698. The Hall–Kier alpha value is -3.40. The van der Waals surface area contributed by atoms with Crippen molar-refractivity contribution in [2.24, 2.45) is 17.8 Å². The molecule has 6 atom stereocenters. The summed E-state index contributed by atoms with van der Waals surface area (Å²) in [6, 6.07) is 23.1. The van der Waals surface area contributed by atoms with Crippen LogP contribution in [0.2, 0.25) is 0 Å². The van der Waals surface area contributed by atoms with Crippen LogP contribution in [-0.4, -0.2) is 24.1 Å². The van der Waals surface area contributed by atoms with Crippen molar-refractivity contribution in [1.82, 2.24) is 0 Å². The molecule has 2 bridgehead atoms. The summed E-state index contributed by atoms with van der Waals surface area (Å²) in [6.45, 7) is 9.06. The van der Waals surface area contributed by atoms with E-state index in [1.54, 1.807) is 24.3 Å². The van der Waals surface area contributed by atoms with E-state index in [4.69, 9.17) is 9.47 Å². The van der Waals surface area contributed by atoms with Gasteiger partial charge in [0.2, 0.25) is 0 Å². The molecule has 0 heterocycles. The molecule has 2 fully saturated rings. The fourth-order valence-electron chi connectivity index (χ4n) is 7.36. The van der Waals surface area contributed by atoms with Crippen LogP contribution < -0.4 is 0 Å². The average molecular weight is 509 g/mol. The van der Waals surface area contributed by atoms with Crippen molar-refractivity contribution >= 4 is 11.9 Å². The average Bonchev–Trinajstić information content (AvgIpc) is 3.58. The maximum Gasteiger partial charge on any atom is 0.338 e. The molecule has 2 saturated carbocycles. The summed E-state index contributed by atoms with van der Waals surface area (Å²) in [5.41, 5.74) is 6.77. The standard InChI is InChI=1S/C34H36O4/c1-19(2)23-15-24(20(3)4)25-17-27-28-18-29(30(27)26(25)16-23)32(38-34(36)22-13-9-6-10-14-22)31(28)37-33(35)21-11-7-5-8-12-21/h5-16,19-20,27-32H,17-18H2,1-4H3. The zero-order valence-electron chi connectivity index (χ0n) is 22.6. The molecule has 0 spiro atoms. The third-order valence-corrected chi connectivity index (χ3v) is 9.12. The van der Waals surface area contributed by atoms with Crippen LogP contribution in [0.3, 0.4) is 0 Å². The molecule has 0 aliphatic heterocycles. The van der Waals surface area contributed by atoms with Crippen LogP contribution in [0.1, 0.15) is 94.8 Å². The van der Waals surface area contributed by atoms with Gasteiger partial charge in [0.25, 0.3) is 0 Å². The monoisotopic (exact) mass is 508 g/mol. The van der Waals surface area contributed by atoms with E-state index in [1.807, 2.05) is 36.4 Å². The summed E-state index contributed by atoms with van der Waals surface area (Å²) in [5, 5.41) is 0. The Balaban J connectivity index is 1.37. The first-order valence-electron chi connectivity index (χ1n) is 14.0. The number of ether oxygens (including phenoxy) is 2. The lowest BCUT2D eigenvalue weighted by Crippen LogP contribution is -2.45. The van der Waals surface area contributed by atoms with Crippen LogP contribution in [0.4, 0.5) is 0 Å². The Bertz CT molecular complexity index is 1340. The quantitative estimate of drug-likeness (QED) is 0.328. The Morgan fingerprint density at radius 2 is 1.26 bits per heavy atom. The summed E-state index contributed by atoms with van der Waals surface area (Å²) in [6.07, 6.45) is 1.02. The number of carbonyl (C=O) groups is 2. The molecular weight excluding hydrogens is 472 g/mol. The molecular formula is C34H36O4. The number of benzene rings is 3. The molecule has 0 amide bonds. The summed E-state index contributed by atoms with van der Waals surface area (Å²) < 4.78 is 12.5. The lowest BCUT2D eigenvalue weighted by atomic mass is 9.76. The van der Waals surface area contributed by atoms with E-state index in [1.165, 1.54) is 22.3 Å². The molecule has 3 aliphatic rings. The van der Waals surface area contributed by atoms with Crippen LogP contribution in [0.5, 0.6) is 0 Å². The van der Waals surface area contributed by atoms with Crippen LogP contribution in [0.15, 0.2) is 72.8 Å². The minimum Gasteiger partial charge on any atom is -0.455 e. The highest BCUT2D eigenvalue weighted by Gasteiger charge is 2.63. The van der Waals surface area contributed by atoms with Gasteiger partial charge in [-0.2, -0.15) is 0 Å². The Morgan fingerprint density at radius 3 is 1.79 bits per heavy atom. The molecule has 3 aromatic rings. The molecule has 196 valence electrons. The van der Waals surface area contributed by atoms with E-state index in [0.717, 1.165) is 12.8 Å². The van der Waals surface area contributed by atoms with Gasteiger partial charge in [0.1, 0.15) is 12.2 Å². The van der Waals surface area contributed by atoms with Gasteiger partial charge in [-0.05, 0) is 83.0 Å². The van der Waals surface area contributed by atoms with E-state index >= 15 is 0 Å². The minimum atomic E-state index is -0.460. The van der Waals surface area contributed by atoms with Crippen molar-refractivity contribution < 1.29 is 19.1 Å². The summed E-state index contributed by atoms with van der Waals surface area (Å²) in [5.74, 6) is 1.22. The normalized spacial score (nSPS) is 26.9. The maximum absolute atomic E-state index is 13.2. The van der Waals surface area contributed by atoms with E-state index in [9.17, 15) is 9.59 Å². The molecule has 3 aliphatic carbocycles. The van der Waals surface area contributed by atoms with Crippen LogP contribution in [0, 0.1) is 17.8 Å². The van der Waals surface area contributed by atoms with E-state index in [0.29, 0.717) is 34.8 Å². The summed E-state index contributed by atoms with van der Waals surface area (Å²) >= 11 is 0. The molecule has 3 aromatic carbocycles. The van der Waals surface area contributed by atoms with Gasteiger partial charge in [0.05, 0.1) is 11.1 Å². The molecule has 4 heteroatoms. The highest BCUT2D eigenvalue weighted by molar-refractivity contribution is 5.90. The van der Waals surface area contributed by atoms with Gasteiger partial charge in [-0.25, -0.2) is 9.59 Å². The van der Waals surface area contributed by atoms with Crippen molar-refractivity contribution in [3.8, 4) is 0 Å². The highest BCUT2D eigenvalue weighted by Crippen LogP contribution is 2.63. The SMILES string of the molecule is CC(C)c1cc(C(C)C)c2c(c1)C1C(C2)C2CC1C(OC(=O)c1ccccc1)C2OC(=O)c1ccccc1. The summed E-state index contributed by atoms with van der Waals surface area (Å²) in [7, 11) is 0. The maximum atomic E-state index is 13.2. The Kier molecular flexibility index (Phi) is 6.37. The van der Waals surface area contributed by atoms with Gasteiger partial charge in [-0.3, -0.25) is 0 Å². The zero-order valence-corrected chi connectivity index (χ0v) is 22.6. The second kappa shape index (κ2) is 9.72. The van der Waals surface area contributed by atoms with Crippen molar-refractivity contribution in [1.29, 1.82) is 0 Å². The van der Waals surface area contributed by atoms with Gasteiger partial charge in [-0.1, -0.05) is 76.2 Å². The number of fused-ring (bicyclic) bond motifs is 7. The van der Waals surface area contributed by atoms with E-state index in [2.05, 4.69) is 39.8 Å². The van der Waals surface area contributed by atoms with Crippen molar-refractivity contribution in [3.63, 3.8) is 0 Å². The molecule has 0 N–H and O–H groups in total. The number of hydrogen-bond acceptors (Lipinski definition) is 4. The predicted molar refractivity (Wildman–Crippen MR) is 147 cm³/mol. The lowest BCUT2D eigenvalue weighted by Gasteiger charge is -2.37. The first-order valence-corrected chi connectivity index (χ1v) is 14.0. The van der Waals surface area contributed by atoms with Gasteiger partial charge in [0, 0.05) is 11.8 Å². The third kappa shape index (κ3) is 4.15. The van der Waals surface area contributed by atoms with Crippen molar-refractivity contribution in [2.75, 3.05) is 0 Å². The molecule has 4 nitrogen and oxygen atoms in total. The van der Waals surface area contributed by atoms with Gasteiger partial charge in [0.15, 0.2) is 0 Å². The largest absolute Gasteiger partial charge is 0.455 e. The molecule has 38 heavy (non-hydrogen) atoms. The van der Waals surface area contributed by atoms with Crippen LogP contribution in [-0.2, 0) is 15.9 Å². The number of rotatable bonds is 6. The molecule has 6 unspecified atom stereocenters. The first kappa shape index (κ1) is 24.9. The number of esters is 2. The fraction of sp³-hybridized carbons (Fsp3) is 0.412.